The molecule has 0 aliphatic carbocycles. The smallest absolute Gasteiger partial charge is 0.246 e. The highest BCUT2D eigenvalue weighted by molar-refractivity contribution is 6.02. The van der Waals surface area contributed by atoms with Crippen molar-refractivity contribution in [2.75, 3.05) is 7.05 Å². The van der Waals surface area contributed by atoms with Gasteiger partial charge in [-0.15, -0.1) is 0 Å². The number of rotatable bonds is 2. The highest BCUT2D eigenvalue weighted by Gasteiger charge is 2.49. The van der Waals surface area contributed by atoms with Crippen LogP contribution in [0.2, 0.25) is 0 Å². The van der Waals surface area contributed by atoms with Gasteiger partial charge in [0.1, 0.15) is 6.04 Å². The van der Waals surface area contributed by atoms with Crippen LogP contribution in [-0.4, -0.2) is 35.7 Å². The van der Waals surface area contributed by atoms with Crippen LogP contribution in [0.25, 0.3) is 0 Å². The summed E-state index contributed by atoms with van der Waals surface area (Å²) in [5.74, 6) is 0.0104. The largest absolute Gasteiger partial charge is 0.307 e. The van der Waals surface area contributed by atoms with Crippen molar-refractivity contribution in [1.82, 2.24) is 10.2 Å². The Balaban J connectivity index is 2.23. The van der Waals surface area contributed by atoms with Crippen LogP contribution >= 0.6 is 0 Å². The monoisotopic (exact) mass is 194 g/mol. The normalized spacial score (nSPS) is 30.6. The van der Waals surface area contributed by atoms with Gasteiger partial charge in [-0.3, -0.25) is 9.59 Å². The predicted octanol–water partition coefficient (Wildman–Crippen LogP) is 0.0519. The van der Waals surface area contributed by atoms with Crippen LogP contribution in [0.1, 0.15) is 19.8 Å². The molecule has 0 saturated carbocycles. The van der Waals surface area contributed by atoms with Gasteiger partial charge in [0.25, 0.3) is 0 Å². The zero-order valence-corrected chi connectivity index (χ0v) is 8.41. The van der Waals surface area contributed by atoms with Crippen LogP contribution in [-0.2, 0) is 9.59 Å². The summed E-state index contributed by atoms with van der Waals surface area (Å²) in [7, 11) is 1.78. The number of Topliss-reactive ketones (excluding diaryl/α,β-unsaturated/α-hetero) is 1. The molecule has 0 aromatic carbocycles. The SMILES string of the molecule is CNC1C(=O)N2C(C(C)=O)=CCCC12. The topological polar surface area (TPSA) is 49.4 Å². The number of ketones is 1. The van der Waals surface area contributed by atoms with Crippen LogP contribution in [0.3, 0.4) is 0 Å². The van der Waals surface area contributed by atoms with Gasteiger partial charge in [0, 0.05) is 6.92 Å². The number of amides is 1. The first-order chi connectivity index (χ1) is 6.66. The third-order valence-electron chi connectivity index (χ3n) is 2.95. The van der Waals surface area contributed by atoms with E-state index in [4.69, 9.17) is 0 Å². The Morgan fingerprint density at radius 2 is 2.36 bits per heavy atom. The van der Waals surface area contributed by atoms with Crippen LogP contribution in [0.15, 0.2) is 11.8 Å². The van der Waals surface area contributed by atoms with Crippen LogP contribution in [0, 0.1) is 0 Å². The molecule has 1 N–H and O–H groups in total. The van der Waals surface area contributed by atoms with Crippen LogP contribution in [0.4, 0.5) is 0 Å². The van der Waals surface area contributed by atoms with Gasteiger partial charge < -0.3 is 10.2 Å². The molecule has 2 heterocycles. The van der Waals surface area contributed by atoms with Crippen molar-refractivity contribution in [3.05, 3.63) is 11.8 Å². The van der Waals surface area contributed by atoms with Crippen LogP contribution < -0.4 is 5.32 Å². The van der Waals surface area contributed by atoms with Crippen molar-refractivity contribution in [1.29, 1.82) is 0 Å². The molecule has 2 unspecified atom stereocenters. The minimum Gasteiger partial charge on any atom is -0.307 e. The highest BCUT2D eigenvalue weighted by atomic mass is 16.2. The molecular weight excluding hydrogens is 180 g/mol. The molecule has 0 radical (unpaired) electrons. The molecule has 76 valence electrons. The number of hydrogen-bond acceptors (Lipinski definition) is 3. The predicted molar refractivity (Wildman–Crippen MR) is 51.5 cm³/mol. The minimum absolute atomic E-state index is 0.0161. The summed E-state index contributed by atoms with van der Waals surface area (Å²) < 4.78 is 0. The highest BCUT2D eigenvalue weighted by Crippen LogP contribution is 2.32. The average molecular weight is 194 g/mol. The summed E-state index contributed by atoms with van der Waals surface area (Å²) >= 11 is 0. The molecule has 4 heteroatoms. The zero-order chi connectivity index (χ0) is 10.3. The van der Waals surface area contributed by atoms with Gasteiger partial charge >= 0.3 is 0 Å². The maximum atomic E-state index is 11.6. The molecule has 1 fully saturated rings. The fraction of sp³-hybridized carbons (Fsp3) is 0.600. The first kappa shape index (κ1) is 9.40. The summed E-state index contributed by atoms with van der Waals surface area (Å²) in [5.41, 5.74) is 0.581. The first-order valence-corrected chi connectivity index (χ1v) is 4.88. The second-order valence-corrected chi connectivity index (χ2v) is 3.76. The molecular formula is C10H14N2O2. The Bertz CT molecular complexity index is 322. The standard InChI is InChI=1S/C10H14N2O2/c1-6(13)7-4-3-5-8-9(11-2)10(14)12(7)8/h4,8-9,11H,3,5H2,1-2H3. The van der Waals surface area contributed by atoms with E-state index in [1.807, 2.05) is 6.08 Å². The third kappa shape index (κ3) is 1.10. The number of carbonyl (C=O) groups is 2. The van der Waals surface area contributed by atoms with E-state index < -0.39 is 0 Å². The molecule has 14 heavy (non-hydrogen) atoms. The van der Waals surface area contributed by atoms with Gasteiger partial charge in [0.05, 0.1) is 11.7 Å². The van der Waals surface area contributed by atoms with E-state index in [9.17, 15) is 9.59 Å². The molecule has 0 aromatic heterocycles. The van der Waals surface area contributed by atoms with E-state index >= 15 is 0 Å². The van der Waals surface area contributed by atoms with Crippen molar-refractivity contribution in [2.45, 2.75) is 31.8 Å². The third-order valence-corrected chi connectivity index (χ3v) is 2.95. The molecule has 0 aromatic rings. The maximum absolute atomic E-state index is 11.6. The molecule has 2 aliphatic heterocycles. The maximum Gasteiger partial charge on any atom is 0.246 e. The van der Waals surface area contributed by atoms with Gasteiger partial charge in [-0.25, -0.2) is 0 Å². The fourth-order valence-corrected chi connectivity index (χ4v) is 2.26. The Labute approximate surface area is 83.0 Å². The molecule has 4 nitrogen and oxygen atoms in total. The Morgan fingerprint density at radius 1 is 1.64 bits per heavy atom. The van der Waals surface area contributed by atoms with Gasteiger partial charge in [0.2, 0.25) is 5.91 Å². The molecule has 0 bridgehead atoms. The number of carbonyl (C=O) groups excluding carboxylic acids is 2. The van der Waals surface area contributed by atoms with Crippen molar-refractivity contribution >= 4 is 11.7 Å². The lowest BCUT2D eigenvalue weighted by Crippen LogP contribution is -2.69. The first-order valence-electron chi connectivity index (χ1n) is 4.88. The fourth-order valence-electron chi connectivity index (χ4n) is 2.26. The Hall–Kier alpha value is -1.16. The van der Waals surface area contributed by atoms with Gasteiger partial charge in [-0.05, 0) is 19.9 Å². The lowest BCUT2D eigenvalue weighted by molar-refractivity contribution is -0.150. The summed E-state index contributed by atoms with van der Waals surface area (Å²) in [6.07, 6.45) is 3.71. The van der Waals surface area contributed by atoms with E-state index in [2.05, 4.69) is 5.32 Å². The minimum atomic E-state index is -0.0851. The van der Waals surface area contributed by atoms with Crippen molar-refractivity contribution < 1.29 is 9.59 Å². The lowest BCUT2D eigenvalue weighted by Gasteiger charge is -2.49. The summed E-state index contributed by atoms with van der Waals surface area (Å²) in [5, 5.41) is 2.98. The van der Waals surface area contributed by atoms with Crippen molar-refractivity contribution in [3.8, 4) is 0 Å². The van der Waals surface area contributed by atoms with E-state index in [0.717, 1.165) is 12.8 Å². The van der Waals surface area contributed by atoms with E-state index in [0.29, 0.717) is 5.70 Å². The number of allylic oxidation sites excluding steroid dienone is 2. The number of fused-ring (bicyclic) bond motifs is 1. The van der Waals surface area contributed by atoms with Gasteiger partial charge in [-0.1, -0.05) is 6.08 Å². The molecule has 2 rings (SSSR count). The number of nitrogens with one attached hydrogen (secondary N) is 1. The summed E-state index contributed by atoms with van der Waals surface area (Å²) in [4.78, 5) is 24.5. The van der Waals surface area contributed by atoms with E-state index in [1.165, 1.54) is 6.92 Å². The molecule has 1 saturated heterocycles. The second-order valence-electron chi connectivity index (χ2n) is 3.76. The Morgan fingerprint density at radius 3 is 2.93 bits per heavy atom. The average Bonchev–Trinajstić information content (AvgIpc) is 2.16. The second kappa shape index (κ2) is 3.20. The van der Waals surface area contributed by atoms with Gasteiger partial charge in [-0.2, -0.15) is 0 Å². The molecule has 2 aliphatic rings. The van der Waals surface area contributed by atoms with Crippen LogP contribution in [0.5, 0.6) is 0 Å². The summed E-state index contributed by atoms with van der Waals surface area (Å²) in [6.45, 7) is 1.51. The number of likely N-dealkylation sites (N-methyl/N-ethyl adjacent to an activating group) is 1. The molecule has 2 atom stereocenters. The zero-order valence-electron chi connectivity index (χ0n) is 8.41. The number of β-lactam (4-membered cyclic amide) rings is 1. The Kier molecular flexibility index (Phi) is 2.15. The number of nitrogens with zero attached hydrogens (tertiary/aromatic N) is 1. The van der Waals surface area contributed by atoms with E-state index in [-0.39, 0.29) is 23.8 Å². The summed E-state index contributed by atoms with van der Waals surface area (Å²) in [6, 6.07) is 0.106. The van der Waals surface area contributed by atoms with Crippen molar-refractivity contribution in [3.63, 3.8) is 0 Å². The van der Waals surface area contributed by atoms with E-state index in [1.54, 1.807) is 11.9 Å². The molecule has 1 amide bonds. The number of hydrogen-bond donors (Lipinski definition) is 1. The quantitative estimate of drug-likeness (QED) is 0.632. The van der Waals surface area contributed by atoms with Crippen molar-refractivity contribution in [2.24, 2.45) is 0 Å². The molecule has 0 spiro atoms. The van der Waals surface area contributed by atoms with Gasteiger partial charge in [0.15, 0.2) is 5.78 Å². The lowest BCUT2D eigenvalue weighted by atomic mass is 9.86.